The molecule has 1 amide bonds. The fourth-order valence-electron chi connectivity index (χ4n) is 3.37. The van der Waals surface area contributed by atoms with Crippen molar-refractivity contribution in [1.29, 1.82) is 0 Å². The maximum absolute atomic E-state index is 12.9. The highest BCUT2D eigenvalue weighted by atomic mass is 32.2. The summed E-state index contributed by atoms with van der Waals surface area (Å²) in [6.07, 6.45) is 2.66. The zero-order valence-corrected chi connectivity index (χ0v) is 19.5. The van der Waals surface area contributed by atoms with Gasteiger partial charge in [0.2, 0.25) is 10.0 Å². The predicted octanol–water partition coefficient (Wildman–Crippen LogP) is 2.67. The number of sulfonamides is 2. The van der Waals surface area contributed by atoms with Crippen LogP contribution in [0.15, 0.2) is 52.3 Å². The lowest BCUT2D eigenvalue weighted by molar-refractivity contribution is 0.0827. The number of rotatable bonds is 6. The van der Waals surface area contributed by atoms with E-state index in [1.54, 1.807) is 33.2 Å². The summed E-state index contributed by atoms with van der Waals surface area (Å²) in [5.74, 6) is -0.243. The highest BCUT2D eigenvalue weighted by Gasteiger charge is 2.26. The monoisotopic (exact) mass is 465 g/mol. The standard InChI is InChI=1S/C21H27N3O5S2/c1-16-7-8-17(21(25)23(2)3)15-20(16)22-30(26,27)18-9-11-19(12-10-18)31(28,29)24-13-5-4-6-14-24/h7-12,15,22H,4-6,13-14H2,1-3H3. The Morgan fingerprint density at radius 1 is 0.903 bits per heavy atom. The van der Waals surface area contributed by atoms with Crippen LogP contribution >= 0.6 is 0 Å². The minimum absolute atomic E-state index is 0.0613. The van der Waals surface area contributed by atoms with Crippen molar-refractivity contribution >= 4 is 31.6 Å². The summed E-state index contributed by atoms with van der Waals surface area (Å²) >= 11 is 0. The van der Waals surface area contributed by atoms with Gasteiger partial charge >= 0.3 is 0 Å². The van der Waals surface area contributed by atoms with Crippen molar-refractivity contribution in [3.63, 3.8) is 0 Å². The lowest BCUT2D eigenvalue weighted by atomic mass is 10.1. The molecule has 10 heteroatoms. The SMILES string of the molecule is Cc1ccc(C(=O)N(C)C)cc1NS(=O)(=O)c1ccc(S(=O)(=O)N2CCCCC2)cc1. The van der Waals surface area contributed by atoms with E-state index in [1.807, 2.05) is 0 Å². The molecule has 8 nitrogen and oxygen atoms in total. The first-order valence-corrected chi connectivity index (χ1v) is 12.9. The summed E-state index contributed by atoms with van der Waals surface area (Å²) in [7, 11) is -4.37. The highest BCUT2D eigenvalue weighted by Crippen LogP contribution is 2.25. The summed E-state index contributed by atoms with van der Waals surface area (Å²) in [6, 6.07) is 9.99. The molecule has 1 N–H and O–H groups in total. The van der Waals surface area contributed by atoms with Crippen molar-refractivity contribution in [2.75, 3.05) is 31.9 Å². The minimum Gasteiger partial charge on any atom is -0.345 e. The van der Waals surface area contributed by atoms with Gasteiger partial charge in [-0.3, -0.25) is 9.52 Å². The number of carbonyl (C=O) groups is 1. The second-order valence-electron chi connectivity index (χ2n) is 7.77. The minimum atomic E-state index is -3.97. The summed E-state index contributed by atoms with van der Waals surface area (Å²) in [5.41, 5.74) is 1.30. The average molecular weight is 466 g/mol. The van der Waals surface area contributed by atoms with Crippen LogP contribution in [0.4, 0.5) is 5.69 Å². The Balaban J connectivity index is 1.85. The van der Waals surface area contributed by atoms with Crippen LogP contribution in [0, 0.1) is 6.92 Å². The van der Waals surface area contributed by atoms with E-state index in [9.17, 15) is 21.6 Å². The van der Waals surface area contributed by atoms with E-state index in [4.69, 9.17) is 0 Å². The molecule has 3 rings (SSSR count). The second-order valence-corrected chi connectivity index (χ2v) is 11.4. The molecule has 0 aliphatic carbocycles. The molecule has 1 fully saturated rings. The summed E-state index contributed by atoms with van der Waals surface area (Å²) in [6.45, 7) is 2.69. The molecule has 0 bridgehead atoms. The van der Waals surface area contributed by atoms with Gasteiger partial charge in [0, 0.05) is 32.7 Å². The zero-order valence-electron chi connectivity index (χ0n) is 17.8. The molecule has 0 spiro atoms. The first-order valence-electron chi connectivity index (χ1n) is 9.98. The Morgan fingerprint density at radius 3 is 2.06 bits per heavy atom. The quantitative estimate of drug-likeness (QED) is 0.706. The number of nitrogens with one attached hydrogen (secondary N) is 1. The number of hydrogen-bond acceptors (Lipinski definition) is 5. The first-order chi connectivity index (χ1) is 14.5. The number of amides is 1. The lowest BCUT2D eigenvalue weighted by Crippen LogP contribution is -2.35. The molecule has 0 saturated carbocycles. The molecular formula is C21H27N3O5S2. The smallest absolute Gasteiger partial charge is 0.261 e. The number of piperidine rings is 1. The van der Waals surface area contributed by atoms with Gasteiger partial charge in [-0.15, -0.1) is 0 Å². The first kappa shape index (κ1) is 23.2. The molecule has 1 heterocycles. The molecule has 0 unspecified atom stereocenters. The van der Waals surface area contributed by atoms with Gasteiger partial charge in [-0.1, -0.05) is 12.5 Å². The number of benzene rings is 2. The normalized spacial score (nSPS) is 15.5. The Morgan fingerprint density at radius 2 is 1.48 bits per heavy atom. The van der Waals surface area contributed by atoms with Crippen molar-refractivity contribution in [1.82, 2.24) is 9.21 Å². The van der Waals surface area contributed by atoms with Crippen molar-refractivity contribution < 1.29 is 21.6 Å². The third-order valence-corrected chi connectivity index (χ3v) is 8.52. The van der Waals surface area contributed by atoms with Crippen molar-refractivity contribution in [3.05, 3.63) is 53.6 Å². The molecule has 2 aromatic carbocycles. The zero-order chi connectivity index (χ0) is 22.8. The Hall–Kier alpha value is -2.43. The molecule has 1 saturated heterocycles. The van der Waals surface area contributed by atoms with E-state index >= 15 is 0 Å². The molecule has 2 aromatic rings. The predicted molar refractivity (Wildman–Crippen MR) is 119 cm³/mol. The molecule has 0 atom stereocenters. The summed E-state index contributed by atoms with van der Waals surface area (Å²) in [4.78, 5) is 13.6. The van der Waals surface area contributed by atoms with Gasteiger partial charge in [0.05, 0.1) is 15.5 Å². The number of nitrogens with zero attached hydrogens (tertiary/aromatic N) is 2. The largest absolute Gasteiger partial charge is 0.345 e. The maximum Gasteiger partial charge on any atom is 0.261 e. The van der Waals surface area contributed by atoms with Gasteiger partial charge in [-0.05, 0) is 61.7 Å². The van der Waals surface area contributed by atoms with Crippen LogP contribution in [-0.2, 0) is 20.0 Å². The summed E-state index contributed by atoms with van der Waals surface area (Å²) < 4.78 is 55.2. The molecule has 168 valence electrons. The van der Waals surface area contributed by atoms with Crippen LogP contribution in [0.2, 0.25) is 0 Å². The van der Waals surface area contributed by atoms with Crippen molar-refractivity contribution in [2.24, 2.45) is 0 Å². The molecule has 0 radical (unpaired) electrons. The Kier molecular flexibility index (Phi) is 6.73. The Labute approximate surface area is 184 Å². The van der Waals surface area contributed by atoms with E-state index in [1.165, 1.54) is 39.5 Å². The van der Waals surface area contributed by atoms with Gasteiger partial charge in [0.25, 0.3) is 15.9 Å². The topological polar surface area (TPSA) is 104 Å². The van der Waals surface area contributed by atoms with Gasteiger partial charge < -0.3 is 4.90 Å². The number of hydrogen-bond donors (Lipinski definition) is 1. The Bertz CT molecular complexity index is 1170. The van der Waals surface area contributed by atoms with Crippen LogP contribution in [0.5, 0.6) is 0 Å². The molecular weight excluding hydrogens is 438 g/mol. The molecule has 1 aliphatic heterocycles. The van der Waals surface area contributed by atoms with Crippen LogP contribution in [0.25, 0.3) is 0 Å². The van der Waals surface area contributed by atoms with Crippen molar-refractivity contribution in [2.45, 2.75) is 36.0 Å². The van der Waals surface area contributed by atoms with E-state index < -0.39 is 20.0 Å². The van der Waals surface area contributed by atoms with Crippen LogP contribution in [0.3, 0.4) is 0 Å². The lowest BCUT2D eigenvalue weighted by Gasteiger charge is -2.25. The van der Waals surface area contributed by atoms with Gasteiger partial charge in [-0.2, -0.15) is 4.31 Å². The molecule has 31 heavy (non-hydrogen) atoms. The highest BCUT2D eigenvalue weighted by molar-refractivity contribution is 7.92. The summed E-state index contributed by atoms with van der Waals surface area (Å²) in [5, 5.41) is 0. The van der Waals surface area contributed by atoms with E-state index in [-0.39, 0.29) is 21.4 Å². The second kappa shape index (κ2) is 8.97. The number of aryl methyl sites for hydroxylation is 1. The fourth-order valence-corrected chi connectivity index (χ4v) is 6.01. The van der Waals surface area contributed by atoms with E-state index in [2.05, 4.69) is 4.72 Å². The third-order valence-electron chi connectivity index (χ3n) is 5.22. The van der Waals surface area contributed by atoms with Crippen LogP contribution < -0.4 is 4.72 Å². The fraction of sp³-hybridized carbons (Fsp3) is 0.381. The van der Waals surface area contributed by atoms with Gasteiger partial charge in [0.15, 0.2) is 0 Å². The molecule has 0 aromatic heterocycles. The maximum atomic E-state index is 12.9. The van der Waals surface area contributed by atoms with Crippen LogP contribution in [-0.4, -0.2) is 59.1 Å². The molecule has 1 aliphatic rings. The van der Waals surface area contributed by atoms with Gasteiger partial charge in [-0.25, -0.2) is 16.8 Å². The van der Waals surface area contributed by atoms with Crippen molar-refractivity contribution in [3.8, 4) is 0 Å². The average Bonchev–Trinajstić information content (AvgIpc) is 2.75. The third kappa shape index (κ3) is 5.08. The number of carbonyl (C=O) groups excluding carboxylic acids is 1. The van der Waals surface area contributed by atoms with Gasteiger partial charge in [0.1, 0.15) is 0 Å². The number of anilines is 1. The van der Waals surface area contributed by atoms with Crippen LogP contribution in [0.1, 0.15) is 35.2 Å². The van der Waals surface area contributed by atoms with E-state index in [0.717, 1.165) is 19.3 Å². The van der Waals surface area contributed by atoms with E-state index in [0.29, 0.717) is 24.2 Å².